The average Bonchev–Trinajstić information content (AvgIpc) is 2.18. The Kier molecular flexibility index (Phi) is 2.76. The highest BCUT2D eigenvalue weighted by Gasteiger charge is 2.25. The number of ether oxygens (including phenoxy) is 2. The molecular formula is C6H11ClO2. The summed E-state index contributed by atoms with van der Waals surface area (Å²) in [6.45, 7) is 3.35. The van der Waals surface area contributed by atoms with E-state index in [4.69, 9.17) is 21.1 Å². The van der Waals surface area contributed by atoms with E-state index in [0.717, 1.165) is 13.0 Å². The normalized spacial score (nSPS) is 35.3. The van der Waals surface area contributed by atoms with Crippen molar-refractivity contribution in [2.75, 3.05) is 13.2 Å². The summed E-state index contributed by atoms with van der Waals surface area (Å²) in [5.74, 6) is 0. The predicted molar refractivity (Wildman–Crippen MR) is 35.6 cm³/mol. The molecule has 2 nitrogen and oxygen atoms in total. The number of halogens is 1. The van der Waals surface area contributed by atoms with Gasteiger partial charge in [0.05, 0.1) is 12.0 Å². The van der Waals surface area contributed by atoms with Crippen molar-refractivity contribution >= 4 is 11.6 Å². The monoisotopic (exact) mass is 150 g/mol. The molecule has 0 spiro atoms. The molecule has 1 rings (SSSR count). The highest BCUT2D eigenvalue weighted by molar-refractivity contribution is 6.21. The van der Waals surface area contributed by atoms with E-state index in [1.54, 1.807) is 0 Å². The van der Waals surface area contributed by atoms with Crippen LogP contribution in [-0.4, -0.2) is 24.9 Å². The molecule has 0 aliphatic carbocycles. The first-order chi connectivity index (χ1) is 4.34. The third kappa shape index (κ3) is 1.81. The van der Waals surface area contributed by atoms with Gasteiger partial charge in [-0.05, 0) is 13.3 Å². The molecule has 1 aliphatic heterocycles. The van der Waals surface area contributed by atoms with Crippen molar-refractivity contribution in [3.8, 4) is 0 Å². The van der Waals surface area contributed by atoms with E-state index >= 15 is 0 Å². The third-order valence-corrected chi connectivity index (χ3v) is 1.73. The molecule has 1 saturated heterocycles. The quantitative estimate of drug-likeness (QED) is 0.554. The Balaban J connectivity index is 2.22. The largest absolute Gasteiger partial charge is 0.351 e. The van der Waals surface area contributed by atoms with Crippen LogP contribution < -0.4 is 0 Å². The minimum Gasteiger partial charge on any atom is -0.351 e. The van der Waals surface area contributed by atoms with Crippen molar-refractivity contribution in [1.29, 1.82) is 0 Å². The van der Waals surface area contributed by atoms with Gasteiger partial charge in [0.1, 0.15) is 0 Å². The van der Waals surface area contributed by atoms with E-state index in [0.29, 0.717) is 6.61 Å². The first kappa shape index (κ1) is 7.32. The van der Waals surface area contributed by atoms with Crippen LogP contribution in [0.1, 0.15) is 13.3 Å². The van der Waals surface area contributed by atoms with Crippen molar-refractivity contribution in [1.82, 2.24) is 0 Å². The van der Waals surface area contributed by atoms with Gasteiger partial charge in [0.2, 0.25) is 0 Å². The highest BCUT2D eigenvalue weighted by Crippen LogP contribution is 2.19. The number of rotatable bonds is 2. The molecule has 0 aromatic rings. The third-order valence-electron chi connectivity index (χ3n) is 1.30. The Labute approximate surface area is 60.1 Å². The number of hydrogen-bond donors (Lipinski definition) is 0. The summed E-state index contributed by atoms with van der Waals surface area (Å²) in [7, 11) is 0. The minimum absolute atomic E-state index is 0.0601. The van der Waals surface area contributed by atoms with Gasteiger partial charge in [-0.1, -0.05) is 0 Å². The Morgan fingerprint density at radius 3 is 3.00 bits per heavy atom. The van der Waals surface area contributed by atoms with Crippen LogP contribution in [0.4, 0.5) is 0 Å². The SMILES string of the molecule is CCOC1OCCC1Cl. The molecule has 2 unspecified atom stereocenters. The molecule has 0 N–H and O–H groups in total. The summed E-state index contributed by atoms with van der Waals surface area (Å²) in [4.78, 5) is 0. The summed E-state index contributed by atoms with van der Waals surface area (Å²) in [5.41, 5.74) is 0. The van der Waals surface area contributed by atoms with Crippen molar-refractivity contribution in [2.24, 2.45) is 0 Å². The fraction of sp³-hybridized carbons (Fsp3) is 1.00. The van der Waals surface area contributed by atoms with Gasteiger partial charge < -0.3 is 9.47 Å². The van der Waals surface area contributed by atoms with E-state index in [1.807, 2.05) is 6.92 Å². The molecule has 2 atom stereocenters. The lowest BCUT2D eigenvalue weighted by Gasteiger charge is -2.11. The number of alkyl halides is 1. The van der Waals surface area contributed by atoms with Gasteiger partial charge in [0.15, 0.2) is 6.29 Å². The zero-order valence-electron chi connectivity index (χ0n) is 5.47. The van der Waals surface area contributed by atoms with Crippen molar-refractivity contribution in [3.63, 3.8) is 0 Å². The molecule has 0 aromatic carbocycles. The van der Waals surface area contributed by atoms with Crippen LogP contribution in [-0.2, 0) is 9.47 Å². The lowest BCUT2D eigenvalue weighted by Crippen LogP contribution is -2.19. The summed E-state index contributed by atoms with van der Waals surface area (Å²) < 4.78 is 10.3. The summed E-state index contributed by atoms with van der Waals surface area (Å²) in [5, 5.41) is 0.0601. The minimum atomic E-state index is -0.156. The van der Waals surface area contributed by atoms with E-state index in [9.17, 15) is 0 Å². The van der Waals surface area contributed by atoms with Crippen LogP contribution in [0.15, 0.2) is 0 Å². The Morgan fingerprint density at radius 2 is 2.56 bits per heavy atom. The summed E-state index contributed by atoms with van der Waals surface area (Å²) >= 11 is 5.81. The van der Waals surface area contributed by atoms with Gasteiger partial charge in [-0.25, -0.2) is 0 Å². The molecule has 9 heavy (non-hydrogen) atoms. The average molecular weight is 151 g/mol. The Hall–Kier alpha value is 0.210. The van der Waals surface area contributed by atoms with Gasteiger partial charge >= 0.3 is 0 Å². The van der Waals surface area contributed by atoms with Gasteiger partial charge in [-0.2, -0.15) is 0 Å². The maximum absolute atomic E-state index is 5.81. The Morgan fingerprint density at radius 1 is 1.78 bits per heavy atom. The molecule has 0 aromatic heterocycles. The summed E-state index contributed by atoms with van der Waals surface area (Å²) in [6, 6.07) is 0. The number of hydrogen-bond acceptors (Lipinski definition) is 2. The van der Waals surface area contributed by atoms with Crippen LogP contribution >= 0.6 is 11.6 Å². The second-order valence-electron chi connectivity index (χ2n) is 2.00. The molecule has 0 amide bonds. The molecule has 1 heterocycles. The van der Waals surface area contributed by atoms with Crippen molar-refractivity contribution in [3.05, 3.63) is 0 Å². The van der Waals surface area contributed by atoms with Crippen LogP contribution in [0.3, 0.4) is 0 Å². The fourth-order valence-corrected chi connectivity index (χ4v) is 1.09. The maximum Gasteiger partial charge on any atom is 0.173 e. The van der Waals surface area contributed by atoms with E-state index in [-0.39, 0.29) is 11.7 Å². The lowest BCUT2D eigenvalue weighted by molar-refractivity contribution is -0.105. The second kappa shape index (κ2) is 3.40. The molecule has 3 heteroatoms. The molecule has 0 radical (unpaired) electrons. The molecular weight excluding hydrogens is 140 g/mol. The highest BCUT2D eigenvalue weighted by atomic mass is 35.5. The van der Waals surface area contributed by atoms with E-state index in [2.05, 4.69) is 0 Å². The fourth-order valence-electron chi connectivity index (χ4n) is 0.854. The van der Waals surface area contributed by atoms with E-state index < -0.39 is 0 Å². The zero-order valence-corrected chi connectivity index (χ0v) is 6.23. The Bertz CT molecular complexity index is 87.1. The first-order valence-corrected chi connectivity index (χ1v) is 3.65. The molecule has 0 saturated carbocycles. The van der Waals surface area contributed by atoms with Gasteiger partial charge in [-0.15, -0.1) is 11.6 Å². The lowest BCUT2D eigenvalue weighted by atomic mass is 10.3. The second-order valence-corrected chi connectivity index (χ2v) is 2.56. The topological polar surface area (TPSA) is 18.5 Å². The zero-order chi connectivity index (χ0) is 6.69. The predicted octanol–water partition coefficient (Wildman–Crippen LogP) is 1.38. The van der Waals surface area contributed by atoms with Crippen LogP contribution in [0.25, 0.3) is 0 Å². The molecule has 1 aliphatic rings. The van der Waals surface area contributed by atoms with Gasteiger partial charge in [-0.3, -0.25) is 0 Å². The van der Waals surface area contributed by atoms with Crippen molar-refractivity contribution in [2.45, 2.75) is 25.0 Å². The first-order valence-electron chi connectivity index (χ1n) is 3.22. The van der Waals surface area contributed by atoms with E-state index in [1.165, 1.54) is 0 Å². The van der Waals surface area contributed by atoms with Gasteiger partial charge in [0.25, 0.3) is 0 Å². The maximum atomic E-state index is 5.81. The van der Waals surface area contributed by atoms with Crippen LogP contribution in [0, 0.1) is 0 Å². The summed E-state index contributed by atoms with van der Waals surface area (Å²) in [6.07, 6.45) is 0.753. The molecule has 0 bridgehead atoms. The van der Waals surface area contributed by atoms with Gasteiger partial charge in [0, 0.05) is 6.61 Å². The van der Waals surface area contributed by atoms with Crippen LogP contribution in [0.5, 0.6) is 0 Å². The standard InChI is InChI=1S/C6H11ClO2/c1-2-8-6-5(7)3-4-9-6/h5-6H,2-4H2,1H3. The molecule has 1 fully saturated rings. The smallest absolute Gasteiger partial charge is 0.173 e. The van der Waals surface area contributed by atoms with Crippen molar-refractivity contribution < 1.29 is 9.47 Å². The van der Waals surface area contributed by atoms with Crippen LogP contribution in [0.2, 0.25) is 0 Å². The molecule has 54 valence electrons.